The topological polar surface area (TPSA) is 52.7 Å². The summed E-state index contributed by atoms with van der Waals surface area (Å²) in [5, 5.41) is 3.68. The van der Waals surface area contributed by atoms with Crippen LogP contribution in [0.15, 0.2) is 30.3 Å². The molecule has 2 unspecified atom stereocenters. The van der Waals surface area contributed by atoms with Gasteiger partial charge in [-0.2, -0.15) is 0 Å². The maximum absolute atomic E-state index is 13.3. The van der Waals surface area contributed by atoms with Gasteiger partial charge in [-0.25, -0.2) is 0 Å². The summed E-state index contributed by atoms with van der Waals surface area (Å²) < 4.78 is 0. The number of amides is 2. The van der Waals surface area contributed by atoms with E-state index in [4.69, 9.17) is 0 Å². The van der Waals surface area contributed by atoms with E-state index in [1.807, 2.05) is 42.3 Å². The normalized spacial score (nSPS) is 26.1. The average Bonchev–Trinajstić information content (AvgIpc) is 3.53. The Balaban J connectivity index is 0.00000225. The van der Waals surface area contributed by atoms with Crippen LogP contribution in [0.5, 0.6) is 0 Å². The Bertz CT molecular complexity index is 672. The molecule has 0 aromatic heterocycles. The minimum atomic E-state index is -0.148. The van der Waals surface area contributed by atoms with Gasteiger partial charge in [0, 0.05) is 32.6 Å². The molecule has 3 fully saturated rings. The quantitative estimate of drug-likeness (QED) is 0.819. The van der Waals surface area contributed by atoms with Crippen molar-refractivity contribution >= 4 is 24.2 Å². The lowest BCUT2D eigenvalue weighted by Crippen LogP contribution is -2.51. The number of nitrogens with zero attached hydrogens (tertiary/aromatic N) is 2. The molecular formula is C22H32ClN3O2. The highest BCUT2D eigenvalue weighted by atomic mass is 35.5. The van der Waals surface area contributed by atoms with Gasteiger partial charge >= 0.3 is 0 Å². The second-order valence-electron chi connectivity index (χ2n) is 8.46. The first-order chi connectivity index (χ1) is 13.1. The molecule has 1 aliphatic carbocycles. The van der Waals surface area contributed by atoms with E-state index in [-0.39, 0.29) is 36.2 Å². The summed E-state index contributed by atoms with van der Waals surface area (Å²) in [6.07, 6.45) is 5.95. The number of benzene rings is 1. The zero-order valence-corrected chi connectivity index (χ0v) is 17.5. The van der Waals surface area contributed by atoms with Crippen LogP contribution in [0.3, 0.4) is 0 Å². The molecule has 28 heavy (non-hydrogen) atoms. The first-order valence-corrected chi connectivity index (χ1v) is 10.5. The lowest BCUT2D eigenvalue weighted by molar-refractivity contribution is -0.147. The molecule has 2 amide bonds. The molecule has 2 heterocycles. The van der Waals surface area contributed by atoms with Crippen LogP contribution in [0.2, 0.25) is 0 Å². The molecule has 1 N–H and O–H groups in total. The van der Waals surface area contributed by atoms with E-state index in [0.717, 1.165) is 44.0 Å². The van der Waals surface area contributed by atoms with Crippen molar-refractivity contribution in [2.75, 3.05) is 26.7 Å². The molecule has 0 spiro atoms. The SMILES string of the molecule is CN1C(=O)CCC(C(=O)N2CCC(NCC3CC3)CC2)C1c1ccccc1.Cl. The molecule has 1 aromatic carbocycles. The fourth-order valence-corrected chi connectivity index (χ4v) is 4.60. The van der Waals surface area contributed by atoms with E-state index in [9.17, 15) is 9.59 Å². The summed E-state index contributed by atoms with van der Waals surface area (Å²) in [4.78, 5) is 29.5. The van der Waals surface area contributed by atoms with E-state index < -0.39 is 0 Å². The summed E-state index contributed by atoms with van der Waals surface area (Å²) in [7, 11) is 1.84. The molecular weight excluding hydrogens is 374 g/mol. The number of piperidine rings is 2. The van der Waals surface area contributed by atoms with Gasteiger partial charge in [0.25, 0.3) is 0 Å². The third-order valence-corrected chi connectivity index (χ3v) is 6.52. The Morgan fingerprint density at radius 1 is 1.07 bits per heavy atom. The molecule has 2 atom stereocenters. The third-order valence-electron chi connectivity index (χ3n) is 6.52. The number of rotatable bonds is 5. The highest BCUT2D eigenvalue weighted by Crippen LogP contribution is 2.37. The van der Waals surface area contributed by atoms with Crippen LogP contribution in [0, 0.1) is 11.8 Å². The zero-order valence-electron chi connectivity index (χ0n) is 16.7. The Kier molecular flexibility index (Phi) is 7.00. The second kappa shape index (κ2) is 9.27. The smallest absolute Gasteiger partial charge is 0.228 e. The number of nitrogens with one attached hydrogen (secondary N) is 1. The average molecular weight is 406 g/mol. The largest absolute Gasteiger partial charge is 0.342 e. The number of carbonyl (C=O) groups excluding carboxylic acids is 2. The van der Waals surface area contributed by atoms with Crippen molar-refractivity contribution in [3.63, 3.8) is 0 Å². The van der Waals surface area contributed by atoms with Gasteiger partial charge in [-0.05, 0) is 50.1 Å². The number of likely N-dealkylation sites (tertiary alicyclic amines) is 2. The van der Waals surface area contributed by atoms with Gasteiger partial charge in [0.2, 0.25) is 11.8 Å². The molecule has 1 saturated carbocycles. The molecule has 4 rings (SSSR count). The predicted molar refractivity (Wildman–Crippen MR) is 112 cm³/mol. The van der Waals surface area contributed by atoms with Crippen molar-refractivity contribution in [2.45, 2.75) is 50.6 Å². The van der Waals surface area contributed by atoms with Crippen LogP contribution in [0.25, 0.3) is 0 Å². The summed E-state index contributed by atoms with van der Waals surface area (Å²) in [5.74, 6) is 1.12. The highest BCUT2D eigenvalue weighted by Gasteiger charge is 2.41. The zero-order chi connectivity index (χ0) is 18.8. The molecule has 1 aromatic rings. The van der Waals surface area contributed by atoms with E-state index in [1.54, 1.807) is 4.90 Å². The third kappa shape index (κ3) is 4.69. The van der Waals surface area contributed by atoms with Crippen molar-refractivity contribution in [1.29, 1.82) is 0 Å². The van der Waals surface area contributed by atoms with Crippen LogP contribution in [-0.2, 0) is 9.59 Å². The summed E-state index contributed by atoms with van der Waals surface area (Å²) in [5.41, 5.74) is 1.06. The summed E-state index contributed by atoms with van der Waals surface area (Å²) in [6.45, 7) is 2.80. The number of hydrogen-bond acceptors (Lipinski definition) is 3. The molecule has 3 aliphatic rings. The van der Waals surface area contributed by atoms with Gasteiger partial charge in [-0.1, -0.05) is 30.3 Å². The van der Waals surface area contributed by atoms with Crippen LogP contribution in [0.1, 0.15) is 50.1 Å². The molecule has 2 aliphatic heterocycles. The van der Waals surface area contributed by atoms with E-state index >= 15 is 0 Å². The van der Waals surface area contributed by atoms with Crippen LogP contribution >= 0.6 is 12.4 Å². The molecule has 0 radical (unpaired) electrons. The van der Waals surface area contributed by atoms with Gasteiger partial charge < -0.3 is 15.1 Å². The molecule has 5 nitrogen and oxygen atoms in total. The lowest BCUT2D eigenvalue weighted by atomic mass is 9.83. The molecule has 6 heteroatoms. The molecule has 2 saturated heterocycles. The maximum atomic E-state index is 13.3. The van der Waals surface area contributed by atoms with Crippen molar-refractivity contribution in [3.05, 3.63) is 35.9 Å². The first kappa shape index (κ1) is 21.1. The monoisotopic (exact) mass is 405 g/mol. The van der Waals surface area contributed by atoms with Crippen LogP contribution in [-0.4, -0.2) is 54.3 Å². The maximum Gasteiger partial charge on any atom is 0.228 e. The van der Waals surface area contributed by atoms with E-state index in [1.165, 1.54) is 12.8 Å². The molecule has 0 bridgehead atoms. The van der Waals surface area contributed by atoms with E-state index in [0.29, 0.717) is 18.9 Å². The predicted octanol–water partition coefficient (Wildman–Crippen LogP) is 3.01. The van der Waals surface area contributed by atoms with Crippen LogP contribution < -0.4 is 5.32 Å². The first-order valence-electron chi connectivity index (χ1n) is 10.5. The van der Waals surface area contributed by atoms with Crippen molar-refractivity contribution in [3.8, 4) is 0 Å². The van der Waals surface area contributed by atoms with Crippen molar-refractivity contribution in [2.24, 2.45) is 11.8 Å². The highest BCUT2D eigenvalue weighted by molar-refractivity contribution is 5.85. The number of hydrogen-bond donors (Lipinski definition) is 1. The van der Waals surface area contributed by atoms with Crippen molar-refractivity contribution in [1.82, 2.24) is 15.1 Å². The minimum Gasteiger partial charge on any atom is -0.342 e. The summed E-state index contributed by atoms with van der Waals surface area (Å²) in [6, 6.07) is 10.4. The van der Waals surface area contributed by atoms with Gasteiger partial charge in [-0.15, -0.1) is 12.4 Å². The summed E-state index contributed by atoms with van der Waals surface area (Å²) >= 11 is 0. The number of halogens is 1. The van der Waals surface area contributed by atoms with Gasteiger partial charge in [-0.3, -0.25) is 9.59 Å². The Hall–Kier alpha value is -1.59. The standard InChI is InChI=1S/C22H31N3O2.ClH/c1-24-20(26)10-9-19(21(24)17-5-3-2-4-6-17)22(27)25-13-11-18(12-14-25)23-15-16-7-8-16;/h2-6,16,18-19,21,23H,7-15H2,1H3;1H. The van der Waals surface area contributed by atoms with E-state index in [2.05, 4.69) is 5.32 Å². The van der Waals surface area contributed by atoms with Gasteiger partial charge in [0.05, 0.1) is 12.0 Å². The Labute approximate surface area is 174 Å². The van der Waals surface area contributed by atoms with Gasteiger partial charge in [0.1, 0.15) is 0 Å². The number of carbonyl (C=O) groups is 2. The van der Waals surface area contributed by atoms with Crippen molar-refractivity contribution < 1.29 is 9.59 Å². The minimum absolute atomic E-state index is 0. The fraction of sp³-hybridized carbons (Fsp3) is 0.636. The van der Waals surface area contributed by atoms with Gasteiger partial charge in [0.15, 0.2) is 0 Å². The van der Waals surface area contributed by atoms with Crippen LogP contribution in [0.4, 0.5) is 0 Å². The Morgan fingerprint density at radius 2 is 1.75 bits per heavy atom. The fourth-order valence-electron chi connectivity index (χ4n) is 4.60. The Morgan fingerprint density at radius 3 is 2.39 bits per heavy atom. The molecule has 154 valence electrons. The second-order valence-corrected chi connectivity index (χ2v) is 8.46. The lowest BCUT2D eigenvalue weighted by Gasteiger charge is -2.42.